The summed E-state index contributed by atoms with van der Waals surface area (Å²) in [4.78, 5) is 23.4. The number of carbonyl (C=O) groups is 2. The monoisotopic (exact) mass is 318 g/mol. The van der Waals surface area contributed by atoms with Crippen molar-refractivity contribution in [1.82, 2.24) is 0 Å². The number of esters is 1. The van der Waals surface area contributed by atoms with Crippen LogP contribution >= 0.6 is 0 Å². The second kappa shape index (κ2) is 8.30. The van der Waals surface area contributed by atoms with Crippen molar-refractivity contribution in [1.29, 1.82) is 5.26 Å². The number of hydrogen-bond donors (Lipinski definition) is 1. The number of benzene rings is 1. The van der Waals surface area contributed by atoms with Crippen molar-refractivity contribution < 1.29 is 19.1 Å². The molecule has 1 unspecified atom stereocenters. The van der Waals surface area contributed by atoms with Gasteiger partial charge in [0.1, 0.15) is 17.4 Å². The molecule has 1 amide bonds. The van der Waals surface area contributed by atoms with Crippen molar-refractivity contribution >= 4 is 17.6 Å². The average Bonchev–Trinajstić information content (AvgIpc) is 2.53. The molecule has 0 heterocycles. The largest absolute Gasteiger partial charge is 0.427 e. The highest BCUT2D eigenvalue weighted by molar-refractivity contribution is 5.98. The van der Waals surface area contributed by atoms with E-state index in [0.29, 0.717) is 18.7 Å². The first-order valence-electron chi connectivity index (χ1n) is 7.54. The molecule has 0 saturated heterocycles. The number of rotatable bonds is 7. The summed E-state index contributed by atoms with van der Waals surface area (Å²) in [7, 11) is 0. The van der Waals surface area contributed by atoms with E-state index in [4.69, 9.17) is 9.47 Å². The van der Waals surface area contributed by atoms with Crippen LogP contribution < -0.4 is 10.1 Å². The molecule has 124 valence electrons. The van der Waals surface area contributed by atoms with E-state index >= 15 is 0 Å². The lowest BCUT2D eigenvalue weighted by Crippen LogP contribution is -2.42. The highest BCUT2D eigenvalue weighted by atomic mass is 16.5. The Bertz CT molecular complexity index is 622. The lowest BCUT2D eigenvalue weighted by atomic mass is 10.0. The lowest BCUT2D eigenvalue weighted by Gasteiger charge is -2.27. The Morgan fingerprint density at radius 3 is 2.57 bits per heavy atom. The Balaban J connectivity index is 2.97. The number of nitriles is 1. The molecule has 0 fully saturated rings. The molecule has 23 heavy (non-hydrogen) atoms. The lowest BCUT2D eigenvalue weighted by molar-refractivity contribution is -0.139. The third-order valence-corrected chi connectivity index (χ3v) is 3.40. The molecule has 0 aliphatic rings. The summed E-state index contributed by atoms with van der Waals surface area (Å²) in [5.41, 5.74) is -0.392. The van der Waals surface area contributed by atoms with Crippen LogP contribution in [0.5, 0.6) is 5.75 Å². The number of carbonyl (C=O) groups excluding carboxylic acids is 2. The van der Waals surface area contributed by atoms with Gasteiger partial charge in [-0.15, -0.1) is 0 Å². The molecular weight excluding hydrogens is 296 g/mol. The Kier molecular flexibility index (Phi) is 6.73. The van der Waals surface area contributed by atoms with Crippen LogP contribution in [-0.2, 0) is 14.3 Å². The van der Waals surface area contributed by atoms with Gasteiger partial charge in [-0.05, 0) is 31.9 Å². The summed E-state index contributed by atoms with van der Waals surface area (Å²) in [6, 6.07) is 6.44. The van der Waals surface area contributed by atoms with Gasteiger partial charge in [-0.1, -0.05) is 13.8 Å². The number of hydrogen-bond acceptors (Lipinski definition) is 5. The predicted molar refractivity (Wildman–Crippen MR) is 86.0 cm³/mol. The summed E-state index contributed by atoms with van der Waals surface area (Å²) in [5, 5.41) is 11.9. The highest BCUT2D eigenvalue weighted by Gasteiger charge is 2.32. The summed E-state index contributed by atoms with van der Waals surface area (Å²) in [6.45, 7) is 7.31. The van der Waals surface area contributed by atoms with Crippen molar-refractivity contribution in [2.75, 3.05) is 11.9 Å². The molecule has 1 aromatic rings. The van der Waals surface area contributed by atoms with E-state index < -0.39 is 11.6 Å². The SMILES string of the molecule is CCCOC(C)(CC)C(=O)Nc1ccc(OC(C)=O)cc1C#N. The van der Waals surface area contributed by atoms with E-state index in [0.717, 1.165) is 6.42 Å². The van der Waals surface area contributed by atoms with Gasteiger partial charge in [0.15, 0.2) is 0 Å². The average molecular weight is 318 g/mol. The van der Waals surface area contributed by atoms with Gasteiger partial charge in [0.2, 0.25) is 0 Å². The summed E-state index contributed by atoms with van der Waals surface area (Å²) in [5.74, 6) is -0.532. The van der Waals surface area contributed by atoms with Crippen molar-refractivity contribution in [2.45, 2.75) is 46.1 Å². The van der Waals surface area contributed by atoms with E-state index in [9.17, 15) is 14.9 Å². The highest BCUT2D eigenvalue weighted by Crippen LogP contribution is 2.24. The molecule has 0 bridgehead atoms. The maximum atomic E-state index is 12.5. The van der Waals surface area contributed by atoms with Crippen LogP contribution in [0, 0.1) is 11.3 Å². The molecular formula is C17H22N2O4. The number of amides is 1. The van der Waals surface area contributed by atoms with E-state index in [2.05, 4.69) is 5.32 Å². The van der Waals surface area contributed by atoms with Crippen molar-refractivity contribution in [3.8, 4) is 11.8 Å². The van der Waals surface area contributed by atoms with Crippen LogP contribution in [0.15, 0.2) is 18.2 Å². The predicted octanol–water partition coefficient (Wildman–Crippen LogP) is 3.02. The molecule has 6 nitrogen and oxygen atoms in total. The maximum Gasteiger partial charge on any atom is 0.308 e. The molecule has 0 spiro atoms. The minimum Gasteiger partial charge on any atom is -0.427 e. The van der Waals surface area contributed by atoms with Crippen LogP contribution in [0.4, 0.5) is 5.69 Å². The van der Waals surface area contributed by atoms with Crippen molar-refractivity contribution in [3.63, 3.8) is 0 Å². The fraction of sp³-hybridized carbons (Fsp3) is 0.471. The second-order valence-corrected chi connectivity index (χ2v) is 5.30. The molecule has 1 atom stereocenters. The first-order valence-corrected chi connectivity index (χ1v) is 7.54. The first kappa shape index (κ1) is 18.7. The number of nitrogens with one attached hydrogen (secondary N) is 1. The Labute approximate surface area is 136 Å². The first-order chi connectivity index (χ1) is 10.9. The summed E-state index contributed by atoms with van der Waals surface area (Å²) in [6.07, 6.45) is 1.32. The second-order valence-electron chi connectivity index (χ2n) is 5.30. The van der Waals surface area contributed by atoms with Gasteiger partial charge in [-0.25, -0.2) is 0 Å². The van der Waals surface area contributed by atoms with E-state index in [1.807, 2.05) is 19.9 Å². The van der Waals surface area contributed by atoms with Gasteiger partial charge in [0, 0.05) is 19.6 Å². The smallest absolute Gasteiger partial charge is 0.308 e. The maximum absolute atomic E-state index is 12.5. The summed E-state index contributed by atoms with van der Waals surface area (Å²) < 4.78 is 10.6. The fourth-order valence-corrected chi connectivity index (χ4v) is 1.86. The minimum atomic E-state index is -0.961. The van der Waals surface area contributed by atoms with Gasteiger partial charge >= 0.3 is 5.97 Å². The molecule has 1 rings (SSSR count). The number of nitrogens with zero attached hydrogens (tertiary/aromatic N) is 1. The Morgan fingerprint density at radius 1 is 1.35 bits per heavy atom. The topological polar surface area (TPSA) is 88.4 Å². The Morgan fingerprint density at radius 2 is 2.04 bits per heavy atom. The number of anilines is 1. The number of ether oxygens (including phenoxy) is 2. The minimum absolute atomic E-state index is 0.214. The molecule has 1 aromatic carbocycles. The standard InChI is InChI=1S/C17H22N2O4/c1-5-9-22-17(4,6-2)16(21)19-15-8-7-14(23-12(3)20)10-13(15)11-18/h7-8,10H,5-6,9H2,1-4H3,(H,19,21). The zero-order chi connectivity index (χ0) is 17.5. The summed E-state index contributed by atoms with van der Waals surface area (Å²) >= 11 is 0. The van der Waals surface area contributed by atoms with E-state index in [1.54, 1.807) is 6.92 Å². The van der Waals surface area contributed by atoms with Crippen molar-refractivity contribution in [3.05, 3.63) is 23.8 Å². The molecule has 0 aliphatic heterocycles. The molecule has 0 saturated carbocycles. The normalized spacial score (nSPS) is 12.8. The van der Waals surface area contributed by atoms with E-state index in [1.165, 1.54) is 25.1 Å². The van der Waals surface area contributed by atoms with E-state index in [-0.39, 0.29) is 17.2 Å². The third-order valence-electron chi connectivity index (χ3n) is 3.40. The molecule has 6 heteroatoms. The van der Waals surface area contributed by atoms with Crippen molar-refractivity contribution in [2.24, 2.45) is 0 Å². The van der Waals surface area contributed by atoms with Crippen LogP contribution in [0.1, 0.15) is 46.1 Å². The quantitative estimate of drug-likeness (QED) is 0.616. The van der Waals surface area contributed by atoms with Gasteiger partial charge in [0.25, 0.3) is 5.91 Å². The molecule has 0 aliphatic carbocycles. The van der Waals surface area contributed by atoms with Gasteiger partial charge in [0.05, 0.1) is 11.3 Å². The van der Waals surface area contributed by atoms with Crippen LogP contribution in [0.25, 0.3) is 0 Å². The van der Waals surface area contributed by atoms with Gasteiger partial charge in [-0.3, -0.25) is 9.59 Å². The zero-order valence-corrected chi connectivity index (χ0v) is 13.9. The molecule has 0 aromatic heterocycles. The Hall–Kier alpha value is -2.39. The van der Waals surface area contributed by atoms with Crippen LogP contribution in [-0.4, -0.2) is 24.1 Å². The fourth-order valence-electron chi connectivity index (χ4n) is 1.86. The van der Waals surface area contributed by atoms with Crippen LogP contribution in [0.3, 0.4) is 0 Å². The zero-order valence-electron chi connectivity index (χ0n) is 13.9. The molecule has 1 N–H and O–H groups in total. The van der Waals surface area contributed by atoms with Gasteiger partial charge < -0.3 is 14.8 Å². The molecule has 0 radical (unpaired) electrons. The third kappa shape index (κ3) is 5.08. The van der Waals surface area contributed by atoms with Gasteiger partial charge in [-0.2, -0.15) is 5.26 Å². The van der Waals surface area contributed by atoms with Crippen LogP contribution in [0.2, 0.25) is 0 Å².